The standard InChI is InChI=1S/C20H32N2O4/c1-2-3-4-5-6-7-8-9-10-11-16-21-20(23)26-17-18-12-14-19(15-13-18)22(24)25/h12-15H,2-11,16-17H2,1H3,(H,21,23). The third-order valence-corrected chi connectivity index (χ3v) is 4.32. The van der Waals surface area contributed by atoms with Gasteiger partial charge < -0.3 is 10.1 Å². The maximum absolute atomic E-state index is 11.6. The van der Waals surface area contributed by atoms with Gasteiger partial charge in [0.15, 0.2) is 0 Å². The summed E-state index contributed by atoms with van der Waals surface area (Å²) in [6.07, 6.45) is 12.2. The van der Waals surface area contributed by atoms with Crippen LogP contribution in [0.4, 0.5) is 10.5 Å². The summed E-state index contributed by atoms with van der Waals surface area (Å²) >= 11 is 0. The Morgan fingerprint density at radius 3 is 2.04 bits per heavy atom. The van der Waals surface area contributed by atoms with E-state index in [1.807, 2.05) is 0 Å². The number of non-ortho nitro benzene ring substituents is 1. The van der Waals surface area contributed by atoms with Crippen molar-refractivity contribution in [2.75, 3.05) is 6.54 Å². The summed E-state index contributed by atoms with van der Waals surface area (Å²) in [5, 5.41) is 13.3. The van der Waals surface area contributed by atoms with Crippen LogP contribution in [-0.2, 0) is 11.3 Å². The van der Waals surface area contributed by atoms with Crippen molar-refractivity contribution in [2.45, 2.75) is 77.7 Å². The van der Waals surface area contributed by atoms with Gasteiger partial charge in [-0.3, -0.25) is 10.1 Å². The summed E-state index contributed by atoms with van der Waals surface area (Å²) in [5.74, 6) is 0. The molecule has 0 spiro atoms. The van der Waals surface area contributed by atoms with Crippen LogP contribution >= 0.6 is 0 Å². The predicted molar refractivity (Wildman–Crippen MR) is 103 cm³/mol. The van der Waals surface area contributed by atoms with Gasteiger partial charge in [0.1, 0.15) is 6.61 Å². The first kappa shape index (κ1) is 21.9. The summed E-state index contributed by atoms with van der Waals surface area (Å²) in [5.41, 5.74) is 0.754. The highest BCUT2D eigenvalue weighted by Crippen LogP contribution is 2.13. The summed E-state index contributed by atoms with van der Waals surface area (Å²) in [6, 6.07) is 5.99. The molecule has 0 radical (unpaired) electrons. The van der Waals surface area contributed by atoms with E-state index in [-0.39, 0.29) is 12.3 Å². The summed E-state index contributed by atoms with van der Waals surface area (Å²) < 4.78 is 5.10. The molecular formula is C20H32N2O4. The molecule has 0 aromatic heterocycles. The zero-order chi connectivity index (χ0) is 19.0. The van der Waals surface area contributed by atoms with Crippen molar-refractivity contribution in [3.05, 3.63) is 39.9 Å². The van der Waals surface area contributed by atoms with Crippen LogP contribution in [0.1, 0.15) is 76.7 Å². The lowest BCUT2D eigenvalue weighted by Gasteiger charge is -2.07. The van der Waals surface area contributed by atoms with E-state index in [2.05, 4.69) is 12.2 Å². The number of hydrogen-bond acceptors (Lipinski definition) is 4. The lowest BCUT2D eigenvalue weighted by Crippen LogP contribution is -2.25. The van der Waals surface area contributed by atoms with E-state index in [1.54, 1.807) is 12.1 Å². The van der Waals surface area contributed by atoms with Crippen LogP contribution in [0.2, 0.25) is 0 Å². The second-order valence-corrected chi connectivity index (χ2v) is 6.61. The molecule has 1 aromatic rings. The van der Waals surface area contributed by atoms with Crippen molar-refractivity contribution in [1.82, 2.24) is 5.32 Å². The van der Waals surface area contributed by atoms with Crippen molar-refractivity contribution in [3.63, 3.8) is 0 Å². The van der Waals surface area contributed by atoms with Gasteiger partial charge in [0, 0.05) is 18.7 Å². The highest BCUT2D eigenvalue weighted by molar-refractivity contribution is 5.67. The third kappa shape index (κ3) is 10.7. The molecule has 1 aromatic carbocycles. The van der Waals surface area contributed by atoms with Gasteiger partial charge >= 0.3 is 6.09 Å². The van der Waals surface area contributed by atoms with Gasteiger partial charge in [-0.1, -0.05) is 64.7 Å². The first-order chi connectivity index (χ1) is 12.6. The highest BCUT2D eigenvalue weighted by atomic mass is 16.6. The zero-order valence-electron chi connectivity index (χ0n) is 15.9. The number of nitro benzene ring substituents is 1. The Bertz CT molecular complexity index is 517. The smallest absolute Gasteiger partial charge is 0.407 e. The number of rotatable bonds is 14. The SMILES string of the molecule is CCCCCCCCCCCCNC(=O)OCc1ccc([N+](=O)[O-])cc1. The number of unbranched alkanes of at least 4 members (excludes halogenated alkanes) is 9. The molecule has 0 aliphatic heterocycles. The number of nitro groups is 1. The van der Waals surface area contributed by atoms with Crippen LogP contribution < -0.4 is 5.32 Å². The van der Waals surface area contributed by atoms with E-state index in [9.17, 15) is 14.9 Å². The summed E-state index contributed by atoms with van der Waals surface area (Å²) in [4.78, 5) is 21.7. The van der Waals surface area contributed by atoms with Crippen molar-refractivity contribution < 1.29 is 14.5 Å². The number of amides is 1. The van der Waals surface area contributed by atoms with Gasteiger partial charge in [0.2, 0.25) is 0 Å². The number of benzene rings is 1. The quantitative estimate of drug-likeness (QED) is 0.259. The maximum atomic E-state index is 11.6. The number of alkyl carbamates (subject to hydrolysis) is 1. The Labute approximate surface area is 156 Å². The van der Waals surface area contributed by atoms with E-state index < -0.39 is 11.0 Å². The Morgan fingerprint density at radius 1 is 0.962 bits per heavy atom. The van der Waals surface area contributed by atoms with Crippen molar-refractivity contribution >= 4 is 11.8 Å². The molecule has 0 heterocycles. The van der Waals surface area contributed by atoms with Crippen molar-refractivity contribution in [2.24, 2.45) is 0 Å². The minimum atomic E-state index is -0.455. The minimum absolute atomic E-state index is 0.0270. The molecule has 0 aliphatic carbocycles. The Balaban J connectivity index is 1.96. The molecule has 0 bridgehead atoms. The maximum Gasteiger partial charge on any atom is 0.407 e. The third-order valence-electron chi connectivity index (χ3n) is 4.32. The second kappa shape index (κ2) is 14.1. The molecule has 0 fully saturated rings. The first-order valence-corrected chi connectivity index (χ1v) is 9.77. The number of hydrogen-bond donors (Lipinski definition) is 1. The van der Waals surface area contributed by atoms with Crippen LogP contribution in [0.5, 0.6) is 0 Å². The van der Waals surface area contributed by atoms with Gasteiger partial charge in [-0.15, -0.1) is 0 Å². The van der Waals surface area contributed by atoms with Gasteiger partial charge in [0.05, 0.1) is 4.92 Å². The highest BCUT2D eigenvalue weighted by Gasteiger charge is 2.06. The molecule has 6 nitrogen and oxygen atoms in total. The van der Waals surface area contributed by atoms with E-state index in [0.29, 0.717) is 6.54 Å². The van der Waals surface area contributed by atoms with Crippen LogP contribution in [0.15, 0.2) is 24.3 Å². The van der Waals surface area contributed by atoms with Crippen LogP contribution in [0, 0.1) is 10.1 Å². The topological polar surface area (TPSA) is 81.5 Å². The minimum Gasteiger partial charge on any atom is -0.445 e. The molecule has 0 unspecified atom stereocenters. The molecule has 6 heteroatoms. The Kier molecular flexibility index (Phi) is 11.9. The number of nitrogens with zero attached hydrogens (tertiary/aromatic N) is 1. The lowest BCUT2D eigenvalue weighted by atomic mass is 10.1. The number of nitrogens with one attached hydrogen (secondary N) is 1. The molecule has 0 saturated carbocycles. The predicted octanol–water partition coefficient (Wildman–Crippen LogP) is 5.74. The lowest BCUT2D eigenvalue weighted by molar-refractivity contribution is -0.384. The van der Waals surface area contributed by atoms with Crippen LogP contribution in [0.3, 0.4) is 0 Å². The molecule has 26 heavy (non-hydrogen) atoms. The van der Waals surface area contributed by atoms with E-state index in [4.69, 9.17) is 4.74 Å². The zero-order valence-corrected chi connectivity index (χ0v) is 15.9. The monoisotopic (exact) mass is 364 g/mol. The van der Waals surface area contributed by atoms with E-state index >= 15 is 0 Å². The number of carbonyl (C=O) groups is 1. The Hall–Kier alpha value is -2.11. The molecule has 1 amide bonds. The fourth-order valence-electron chi connectivity index (χ4n) is 2.72. The fraction of sp³-hybridized carbons (Fsp3) is 0.650. The summed E-state index contributed by atoms with van der Waals surface area (Å²) in [7, 11) is 0. The van der Waals surface area contributed by atoms with Gasteiger partial charge in [-0.25, -0.2) is 4.79 Å². The first-order valence-electron chi connectivity index (χ1n) is 9.77. The van der Waals surface area contributed by atoms with E-state index in [0.717, 1.165) is 18.4 Å². The molecule has 0 saturated heterocycles. The average Bonchev–Trinajstić information content (AvgIpc) is 2.64. The number of ether oxygens (including phenoxy) is 1. The molecule has 1 rings (SSSR count). The van der Waals surface area contributed by atoms with Gasteiger partial charge in [-0.05, 0) is 24.1 Å². The number of carbonyl (C=O) groups excluding carboxylic acids is 1. The normalized spacial score (nSPS) is 10.5. The largest absolute Gasteiger partial charge is 0.445 e. The average molecular weight is 364 g/mol. The van der Waals surface area contributed by atoms with Gasteiger partial charge in [-0.2, -0.15) is 0 Å². The Morgan fingerprint density at radius 2 is 1.50 bits per heavy atom. The molecule has 1 N–H and O–H groups in total. The summed E-state index contributed by atoms with van der Waals surface area (Å²) in [6.45, 7) is 2.97. The van der Waals surface area contributed by atoms with E-state index in [1.165, 1.54) is 63.5 Å². The van der Waals surface area contributed by atoms with Crippen molar-refractivity contribution in [3.8, 4) is 0 Å². The van der Waals surface area contributed by atoms with Crippen molar-refractivity contribution in [1.29, 1.82) is 0 Å². The van der Waals surface area contributed by atoms with Crippen LogP contribution in [0.25, 0.3) is 0 Å². The molecule has 146 valence electrons. The fourth-order valence-corrected chi connectivity index (χ4v) is 2.72. The van der Waals surface area contributed by atoms with Crippen LogP contribution in [-0.4, -0.2) is 17.6 Å². The molecular weight excluding hydrogens is 332 g/mol. The van der Waals surface area contributed by atoms with Gasteiger partial charge in [0.25, 0.3) is 5.69 Å². The molecule has 0 atom stereocenters. The molecule has 0 aliphatic rings. The second-order valence-electron chi connectivity index (χ2n) is 6.61.